The Morgan fingerprint density at radius 3 is 2.42 bits per heavy atom. The Hall–Kier alpha value is -2.30. The van der Waals surface area contributed by atoms with Crippen molar-refractivity contribution >= 4 is 26.5 Å². The quantitative estimate of drug-likeness (QED) is 0.529. The van der Waals surface area contributed by atoms with Crippen LogP contribution < -0.4 is 4.90 Å². The van der Waals surface area contributed by atoms with Crippen LogP contribution in [0.4, 0.5) is 5.13 Å². The van der Waals surface area contributed by atoms with Crippen molar-refractivity contribution in [1.29, 1.82) is 0 Å². The van der Waals surface area contributed by atoms with Gasteiger partial charge in [-0.2, -0.15) is 4.31 Å². The predicted octanol–water partition coefficient (Wildman–Crippen LogP) is 3.83. The largest absolute Gasteiger partial charge is 0.378 e. The van der Waals surface area contributed by atoms with Crippen LogP contribution in [0.1, 0.15) is 29.2 Å². The highest BCUT2D eigenvalue weighted by molar-refractivity contribution is 7.89. The molecule has 3 aromatic rings. The number of hydrogen-bond donors (Lipinski definition) is 0. The maximum Gasteiger partial charge on any atom is 0.243 e. The van der Waals surface area contributed by atoms with Crippen molar-refractivity contribution < 1.29 is 17.9 Å². The first-order chi connectivity index (χ1) is 16.0. The third kappa shape index (κ3) is 4.56. The van der Waals surface area contributed by atoms with Crippen molar-refractivity contribution in [2.45, 2.75) is 37.1 Å². The average molecular weight is 486 g/mol. The van der Waals surface area contributed by atoms with E-state index in [1.807, 2.05) is 43.3 Å². The Morgan fingerprint density at radius 2 is 1.73 bits per heavy atom. The van der Waals surface area contributed by atoms with Gasteiger partial charge < -0.3 is 14.4 Å². The van der Waals surface area contributed by atoms with Crippen molar-refractivity contribution in [2.24, 2.45) is 0 Å². The van der Waals surface area contributed by atoms with E-state index in [1.54, 1.807) is 35.6 Å². The van der Waals surface area contributed by atoms with E-state index in [1.165, 1.54) is 4.31 Å². The lowest BCUT2D eigenvalue weighted by Gasteiger charge is -2.37. The molecule has 2 atom stereocenters. The summed E-state index contributed by atoms with van der Waals surface area (Å²) in [4.78, 5) is 8.38. The number of hydrogen-bond acceptors (Lipinski definition) is 7. The minimum atomic E-state index is -3.70. The zero-order valence-corrected chi connectivity index (χ0v) is 20.1. The van der Waals surface area contributed by atoms with Gasteiger partial charge in [-0.15, -0.1) is 0 Å². The molecule has 2 aromatic carbocycles. The van der Waals surface area contributed by atoms with Crippen LogP contribution in [-0.2, 0) is 32.6 Å². The van der Waals surface area contributed by atoms with E-state index in [4.69, 9.17) is 14.5 Å². The zero-order valence-electron chi connectivity index (χ0n) is 18.5. The van der Waals surface area contributed by atoms with Gasteiger partial charge in [-0.25, -0.2) is 13.4 Å². The second-order valence-corrected chi connectivity index (χ2v) is 11.1. The molecule has 1 aromatic heterocycles. The van der Waals surface area contributed by atoms with Crippen LogP contribution in [0.3, 0.4) is 0 Å². The third-order valence-electron chi connectivity index (χ3n) is 6.08. The Bertz CT molecular complexity index is 1180. The zero-order chi connectivity index (χ0) is 22.8. The highest BCUT2D eigenvalue weighted by Gasteiger charge is 2.42. The lowest BCUT2D eigenvalue weighted by molar-refractivity contribution is -0.00856. The maximum absolute atomic E-state index is 13.6. The molecule has 0 aliphatic carbocycles. The number of sulfonamides is 1. The van der Waals surface area contributed by atoms with Gasteiger partial charge in [-0.3, -0.25) is 0 Å². The molecule has 0 N–H and O–H groups in total. The lowest BCUT2D eigenvalue weighted by atomic mass is 10.1. The first-order valence-electron chi connectivity index (χ1n) is 11.1. The van der Waals surface area contributed by atoms with Crippen molar-refractivity contribution in [1.82, 2.24) is 9.29 Å². The monoisotopic (exact) mass is 485 g/mol. The third-order valence-corrected chi connectivity index (χ3v) is 9.24. The fourth-order valence-corrected chi connectivity index (χ4v) is 7.13. The molecule has 0 spiro atoms. The number of nitrogens with zero attached hydrogens (tertiary/aromatic N) is 3. The van der Waals surface area contributed by atoms with E-state index in [0.717, 1.165) is 34.4 Å². The SMILES string of the molecule is C[C@H]1[C@@H](OCc2ccccc2)c2sc(N3CCOCC3)nc2CN1S(=O)(=O)c1ccccc1. The van der Waals surface area contributed by atoms with Gasteiger partial charge in [0.05, 0.1) is 47.9 Å². The summed E-state index contributed by atoms with van der Waals surface area (Å²) in [5, 5.41) is 0.905. The number of benzene rings is 2. The van der Waals surface area contributed by atoms with Gasteiger partial charge in [-0.1, -0.05) is 59.9 Å². The number of morpholine rings is 1. The Balaban J connectivity index is 1.49. The Morgan fingerprint density at radius 1 is 1.06 bits per heavy atom. The van der Waals surface area contributed by atoms with Gasteiger partial charge in [0, 0.05) is 13.1 Å². The average Bonchev–Trinajstić information content (AvgIpc) is 3.29. The summed E-state index contributed by atoms with van der Waals surface area (Å²) >= 11 is 1.61. The molecule has 0 saturated carbocycles. The number of ether oxygens (including phenoxy) is 2. The van der Waals surface area contributed by atoms with Crippen LogP contribution in [-0.4, -0.2) is 50.1 Å². The summed E-state index contributed by atoms with van der Waals surface area (Å²) in [7, 11) is -3.70. The van der Waals surface area contributed by atoms with Gasteiger partial charge >= 0.3 is 0 Å². The molecular weight excluding hydrogens is 458 g/mol. The highest BCUT2D eigenvalue weighted by atomic mass is 32.2. The van der Waals surface area contributed by atoms with Crippen LogP contribution in [0.15, 0.2) is 65.6 Å². The van der Waals surface area contributed by atoms with E-state index >= 15 is 0 Å². The molecule has 174 valence electrons. The minimum absolute atomic E-state index is 0.236. The van der Waals surface area contributed by atoms with E-state index in [-0.39, 0.29) is 17.5 Å². The molecule has 0 amide bonds. The van der Waals surface area contributed by atoms with Gasteiger partial charge in [0.25, 0.3) is 0 Å². The molecule has 7 nitrogen and oxygen atoms in total. The molecular formula is C24H27N3O4S2. The van der Waals surface area contributed by atoms with E-state index in [9.17, 15) is 8.42 Å². The Labute approximate surface area is 198 Å². The molecule has 1 saturated heterocycles. The number of anilines is 1. The van der Waals surface area contributed by atoms with Gasteiger partial charge in [0.1, 0.15) is 6.10 Å². The molecule has 2 aliphatic heterocycles. The first-order valence-corrected chi connectivity index (χ1v) is 13.3. The second kappa shape index (κ2) is 9.52. The molecule has 3 heterocycles. The minimum Gasteiger partial charge on any atom is -0.378 e. The van der Waals surface area contributed by atoms with Crippen molar-refractivity contribution in [3.63, 3.8) is 0 Å². The van der Waals surface area contributed by atoms with Gasteiger partial charge in [0.15, 0.2) is 5.13 Å². The fourth-order valence-electron chi connectivity index (χ4n) is 4.24. The molecule has 0 unspecified atom stereocenters. The van der Waals surface area contributed by atoms with Crippen LogP contribution in [0.5, 0.6) is 0 Å². The summed E-state index contributed by atoms with van der Waals surface area (Å²) in [6.07, 6.45) is -0.403. The maximum atomic E-state index is 13.6. The molecule has 0 bridgehead atoms. The highest BCUT2D eigenvalue weighted by Crippen LogP contribution is 2.43. The van der Waals surface area contributed by atoms with Gasteiger partial charge in [0.2, 0.25) is 10.0 Å². The van der Waals surface area contributed by atoms with E-state index < -0.39 is 16.1 Å². The van der Waals surface area contributed by atoms with Crippen LogP contribution in [0.2, 0.25) is 0 Å². The second-order valence-electron chi connectivity index (χ2n) is 8.23. The molecule has 1 fully saturated rings. The number of rotatable bonds is 6. The van der Waals surface area contributed by atoms with Crippen molar-refractivity contribution in [2.75, 3.05) is 31.2 Å². The van der Waals surface area contributed by atoms with E-state index in [2.05, 4.69) is 4.90 Å². The van der Waals surface area contributed by atoms with Crippen LogP contribution in [0, 0.1) is 0 Å². The van der Waals surface area contributed by atoms with Crippen LogP contribution >= 0.6 is 11.3 Å². The smallest absolute Gasteiger partial charge is 0.243 e. The normalized spacial score (nSPS) is 21.7. The summed E-state index contributed by atoms with van der Waals surface area (Å²) in [5.74, 6) is 0. The van der Waals surface area contributed by atoms with Crippen molar-refractivity contribution in [3.8, 4) is 0 Å². The molecule has 0 radical (unpaired) electrons. The summed E-state index contributed by atoms with van der Waals surface area (Å²) in [6, 6.07) is 18.2. The van der Waals surface area contributed by atoms with E-state index in [0.29, 0.717) is 19.8 Å². The molecule has 5 rings (SSSR count). The fraction of sp³-hybridized carbons (Fsp3) is 0.375. The number of thiazole rings is 1. The molecule has 2 aliphatic rings. The Kier molecular flexibility index (Phi) is 6.49. The van der Waals surface area contributed by atoms with Gasteiger partial charge in [-0.05, 0) is 24.6 Å². The standard InChI is InChI=1S/C24H27N3O4S2/c1-18-22(31-17-19-8-4-2-5-9-19)23-21(25-24(32-23)26-12-14-30-15-13-26)16-27(18)33(28,29)20-10-6-3-7-11-20/h2-11,18,22H,12-17H2,1H3/t18-,22+/m0/s1. The van der Waals surface area contributed by atoms with Crippen molar-refractivity contribution in [3.05, 3.63) is 76.8 Å². The topological polar surface area (TPSA) is 72.0 Å². The van der Waals surface area contributed by atoms with Crippen LogP contribution in [0.25, 0.3) is 0 Å². The predicted molar refractivity (Wildman–Crippen MR) is 128 cm³/mol. The number of aromatic nitrogens is 1. The number of fused-ring (bicyclic) bond motifs is 1. The first kappa shape index (κ1) is 22.5. The summed E-state index contributed by atoms with van der Waals surface area (Å²) in [5.41, 5.74) is 1.82. The summed E-state index contributed by atoms with van der Waals surface area (Å²) < 4.78 is 40.5. The lowest BCUT2D eigenvalue weighted by Crippen LogP contribution is -2.45. The molecule has 33 heavy (non-hydrogen) atoms. The summed E-state index contributed by atoms with van der Waals surface area (Å²) in [6.45, 7) is 5.46. The molecule has 9 heteroatoms.